The summed E-state index contributed by atoms with van der Waals surface area (Å²) in [6, 6.07) is 6.57. The van der Waals surface area contributed by atoms with E-state index >= 15 is 0 Å². The summed E-state index contributed by atoms with van der Waals surface area (Å²) in [5.74, 6) is 2.53. The van der Waals surface area contributed by atoms with Crippen LogP contribution in [0.5, 0.6) is 5.75 Å². The van der Waals surface area contributed by atoms with Gasteiger partial charge in [-0.3, -0.25) is 0 Å². The second-order valence-electron chi connectivity index (χ2n) is 9.34. The summed E-state index contributed by atoms with van der Waals surface area (Å²) < 4.78 is 5.41. The molecule has 4 rings (SSSR count). The minimum absolute atomic E-state index is 0.131. The van der Waals surface area contributed by atoms with Crippen LogP contribution in [0.25, 0.3) is 0 Å². The number of benzene rings is 1. The topological polar surface area (TPSA) is 49.7 Å². The molecule has 0 spiro atoms. The van der Waals surface area contributed by atoms with Gasteiger partial charge in [0.25, 0.3) is 0 Å². The Morgan fingerprint density at radius 1 is 1.27 bits per heavy atom. The second-order valence-corrected chi connectivity index (χ2v) is 9.34. The molecule has 0 aliphatic heterocycles. The van der Waals surface area contributed by atoms with Gasteiger partial charge in [-0.05, 0) is 85.0 Å². The van der Waals surface area contributed by atoms with Crippen LogP contribution in [0, 0.1) is 17.3 Å². The second kappa shape index (κ2) is 6.53. The van der Waals surface area contributed by atoms with Crippen LogP contribution in [0.2, 0.25) is 0 Å². The van der Waals surface area contributed by atoms with Gasteiger partial charge in [0.15, 0.2) is 0 Å². The van der Waals surface area contributed by atoms with Gasteiger partial charge in [0.1, 0.15) is 5.75 Å². The maximum atomic E-state index is 11.3. The van der Waals surface area contributed by atoms with Crippen molar-refractivity contribution in [2.24, 2.45) is 17.3 Å². The summed E-state index contributed by atoms with van der Waals surface area (Å²) in [6.07, 6.45) is 7.39. The molecule has 0 unspecified atom stereocenters. The Bertz CT molecular complexity index is 671. The molecule has 3 heteroatoms. The molecule has 3 nitrogen and oxygen atoms in total. The predicted molar refractivity (Wildman–Crippen MR) is 103 cm³/mol. The van der Waals surface area contributed by atoms with Crippen molar-refractivity contribution in [3.63, 3.8) is 0 Å². The fourth-order valence-electron chi connectivity index (χ4n) is 6.59. The number of aryl methyl sites for hydroxylation is 1. The number of unbranched alkanes of at least 4 members (excludes halogenated alkanes) is 1. The fourth-order valence-corrected chi connectivity index (χ4v) is 6.59. The molecular formula is C23H34O3. The van der Waals surface area contributed by atoms with Crippen molar-refractivity contribution >= 4 is 0 Å². The standard InChI is InChI=1S/C23H34O3/c1-4-5-11-23(25)14-20-19-8-6-15-13-16(26-3)7-9-17(15)18(19)10-12-22(20,2)21(23)24/h7,9,13,18-21,24-25H,4-6,8,10-12,14H2,1-3H3/t18-,19-,20+,21-,22+,23+/m1/s1. The lowest BCUT2D eigenvalue weighted by molar-refractivity contribution is -0.103. The first-order valence-electron chi connectivity index (χ1n) is 10.5. The molecular weight excluding hydrogens is 324 g/mol. The summed E-state index contributed by atoms with van der Waals surface area (Å²) >= 11 is 0. The third-order valence-electron chi connectivity index (χ3n) is 8.04. The molecule has 6 atom stereocenters. The van der Waals surface area contributed by atoms with Gasteiger partial charge in [-0.15, -0.1) is 0 Å². The zero-order valence-corrected chi connectivity index (χ0v) is 16.5. The van der Waals surface area contributed by atoms with Crippen LogP contribution in [0.1, 0.15) is 75.8 Å². The van der Waals surface area contributed by atoms with Crippen LogP contribution in [0.15, 0.2) is 18.2 Å². The molecule has 3 aliphatic carbocycles. The molecule has 0 aromatic heterocycles. The van der Waals surface area contributed by atoms with Crippen LogP contribution in [-0.4, -0.2) is 29.0 Å². The van der Waals surface area contributed by atoms with Crippen LogP contribution in [0.4, 0.5) is 0 Å². The van der Waals surface area contributed by atoms with Crippen LogP contribution < -0.4 is 4.74 Å². The van der Waals surface area contributed by atoms with Gasteiger partial charge in [0.2, 0.25) is 0 Å². The number of methoxy groups -OCH3 is 1. The predicted octanol–water partition coefficient (Wildman–Crippen LogP) is 4.44. The largest absolute Gasteiger partial charge is 0.497 e. The Balaban J connectivity index is 1.63. The van der Waals surface area contributed by atoms with Gasteiger partial charge in [0, 0.05) is 0 Å². The van der Waals surface area contributed by atoms with Crippen molar-refractivity contribution < 1.29 is 14.9 Å². The van der Waals surface area contributed by atoms with E-state index in [1.807, 2.05) is 0 Å². The molecule has 0 amide bonds. The highest BCUT2D eigenvalue weighted by molar-refractivity contribution is 5.41. The van der Waals surface area contributed by atoms with Gasteiger partial charge in [-0.25, -0.2) is 0 Å². The molecule has 1 aromatic rings. The summed E-state index contributed by atoms with van der Waals surface area (Å²) in [4.78, 5) is 0. The molecule has 1 aromatic carbocycles. The van der Waals surface area contributed by atoms with Gasteiger partial charge >= 0.3 is 0 Å². The highest BCUT2D eigenvalue weighted by atomic mass is 16.5. The zero-order chi connectivity index (χ0) is 18.5. The highest BCUT2D eigenvalue weighted by Crippen LogP contribution is 2.63. The first kappa shape index (κ1) is 18.3. The maximum Gasteiger partial charge on any atom is 0.119 e. The van der Waals surface area contributed by atoms with E-state index in [9.17, 15) is 10.2 Å². The van der Waals surface area contributed by atoms with E-state index in [0.29, 0.717) is 17.8 Å². The third kappa shape index (κ3) is 2.62. The number of fused-ring (bicyclic) bond motifs is 5. The molecule has 2 N–H and O–H groups in total. The molecule has 0 saturated heterocycles. The van der Waals surface area contributed by atoms with Crippen molar-refractivity contribution in [2.75, 3.05) is 7.11 Å². The van der Waals surface area contributed by atoms with Crippen LogP contribution >= 0.6 is 0 Å². The lowest BCUT2D eigenvalue weighted by atomic mass is 9.55. The van der Waals surface area contributed by atoms with Crippen molar-refractivity contribution in [3.8, 4) is 5.75 Å². The molecule has 0 radical (unpaired) electrons. The van der Waals surface area contributed by atoms with E-state index < -0.39 is 11.7 Å². The van der Waals surface area contributed by atoms with Gasteiger partial charge in [-0.2, -0.15) is 0 Å². The molecule has 26 heavy (non-hydrogen) atoms. The van der Waals surface area contributed by atoms with E-state index in [4.69, 9.17) is 4.74 Å². The maximum absolute atomic E-state index is 11.3. The summed E-state index contributed by atoms with van der Waals surface area (Å²) in [6.45, 7) is 4.40. The summed E-state index contributed by atoms with van der Waals surface area (Å²) in [7, 11) is 1.73. The minimum atomic E-state index is -0.884. The zero-order valence-electron chi connectivity index (χ0n) is 16.5. The average molecular weight is 359 g/mol. The Labute approximate surface area is 157 Å². The lowest BCUT2D eigenvalue weighted by Crippen LogP contribution is -2.47. The molecule has 0 bridgehead atoms. The summed E-state index contributed by atoms with van der Waals surface area (Å²) in [5, 5.41) is 22.4. The quantitative estimate of drug-likeness (QED) is 0.836. The lowest BCUT2D eigenvalue weighted by Gasteiger charge is -2.50. The molecule has 2 fully saturated rings. The first-order valence-corrected chi connectivity index (χ1v) is 10.5. The van der Waals surface area contributed by atoms with E-state index in [-0.39, 0.29) is 5.41 Å². The molecule has 2 saturated carbocycles. The Hall–Kier alpha value is -1.06. The van der Waals surface area contributed by atoms with Gasteiger partial charge in [0.05, 0.1) is 18.8 Å². The highest BCUT2D eigenvalue weighted by Gasteiger charge is 2.62. The van der Waals surface area contributed by atoms with E-state index in [1.165, 1.54) is 17.5 Å². The first-order chi connectivity index (χ1) is 12.4. The smallest absolute Gasteiger partial charge is 0.119 e. The van der Waals surface area contributed by atoms with Crippen molar-refractivity contribution in [1.29, 1.82) is 0 Å². The van der Waals surface area contributed by atoms with Crippen molar-refractivity contribution in [1.82, 2.24) is 0 Å². The number of rotatable bonds is 4. The van der Waals surface area contributed by atoms with Crippen LogP contribution in [0.3, 0.4) is 0 Å². The number of hydrogen-bond acceptors (Lipinski definition) is 3. The average Bonchev–Trinajstić information content (AvgIpc) is 2.87. The molecule has 0 heterocycles. The third-order valence-corrected chi connectivity index (χ3v) is 8.04. The minimum Gasteiger partial charge on any atom is -0.497 e. The Morgan fingerprint density at radius 2 is 2.08 bits per heavy atom. The number of aliphatic hydroxyl groups is 2. The number of hydrogen-bond donors (Lipinski definition) is 2. The van der Waals surface area contributed by atoms with Crippen molar-refractivity contribution in [3.05, 3.63) is 29.3 Å². The fraction of sp³-hybridized carbons (Fsp3) is 0.739. The molecule has 3 aliphatic rings. The summed E-state index contributed by atoms with van der Waals surface area (Å²) in [5.41, 5.74) is 1.91. The van der Waals surface area contributed by atoms with E-state index in [0.717, 1.165) is 50.7 Å². The van der Waals surface area contributed by atoms with Crippen LogP contribution in [-0.2, 0) is 6.42 Å². The normalized spacial score (nSPS) is 41.3. The van der Waals surface area contributed by atoms with E-state index in [2.05, 4.69) is 32.0 Å². The Kier molecular flexibility index (Phi) is 4.60. The number of ether oxygens (including phenoxy) is 1. The van der Waals surface area contributed by atoms with E-state index in [1.54, 1.807) is 7.11 Å². The van der Waals surface area contributed by atoms with Gasteiger partial charge < -0.3 is 14.9 Å². The SMILES string of the molecule is CCCC[C@]1(O)C[C@H]2[C@@H]3CCc4cc(OC)ccc4[C@H]3CC[C@]2(C)[C@H]1O. The Morgan fingerprint density at radius 3 is 2.81 bits per heavy atom. The molecule has 144 valence electrons. The monoisotopic (exact) mass is 358 g/mol. The van der Waals surface area contributed by atoms with Gasteiger partial charge in [-0.1, -0.05) is 32.8 Å². The van der Waals surface area contributed by atoms with Crippen molar-refractivity contribution in [2.45, 2.75) is 82.8 Å². The number of aliphatic hydroxyl groups excluding tert-OH is 1.